The van der Waals surface area contributed by atoms with Crippen LogP contribution >= 0.6 is 0 Å². The van der Waals surface area contributed by atoms with E-state index in [0.29, 0.717) is 17.9 Å². The van der Waals surface area contributed by atoms with Gasteiger partial charge >= 0.3 is 5.97 Å². The zero-order valence-corrected chi connectivity index (χ0v) is 10.3. The van der Waals surface area contributed by atoms with Crippen molar-refractivity contribution in [2.24, 2.45) is 5.18 Å². The number of nitrogens with zero attached hydrogens (tertiary/aromatic N) is 1. The molecule has 0 aliphatic carbocycles. The Hall–Kier alpha value is -2.11. The number of aliphatic carboxylic acids is 1. The summed E-state index contributed by atoms with van der Waals surface area (Å²) in [5, 5.41) is 11.3. The van der Waals surface area contributed by atoms with Gasteiger partial charge in [-0.3, -0.25) is 0 Å². The molecule has 1 aromatic carbocycles. The summed E-state index contributed by atoms with van der Waals surface area (Å²) < 4.78 is 10.2. The molecular formula is C12H15NO5. The average Bonchev–Trinajstić information content (AvgIpc) is 2.38. The summed E-state index contributed by atoms with van der Waals surface area (Å²) in [6.45, 7) is 0. The summed E-state index contributed by atoms with van der Waals surface area (Å²) in [6.07, 6.45) is 0.595. The smallest absolute Gasteiger partial charge is 0.332 e. The number of carbonyl (C=O) groups is 1. The molecule has 1 aromatic rings. The van der Waals surface area contributed by atoms with E-state index in [1.54, 1.807) is 18.2 Å². The molecule has 0 aromatic heterocycles. The minimum atomic E-state index is -1.21. The van der Waals surface area contributed by atoms with Gasteiger partial charge in [-0.25, -0.2) is 4.79 Å². The van der Waals surface area contributed by atoms with Crippen LogP contribution in [0.2, 0.25) is 0 Å². The van der Waals surface area contributed by atoms with Crippen LogP contribution in [0, 0.1) is 4.91 Å². The third kappa shape index (κ3) is 3.44. The predicted molar refractivity (Wildman–Crippen MR) is 65.1 cm³/mol. The number of rotatable bonds is 7. The number of nitroso groups, excluding NO2 is 1. The van der Waals surface area contributed by atoms with Crippen molar-refractivity contribution in [1.82, 2.24) is 0 Å². The van der Waals surface area contributed by atoms with Crippen LogP contribution in [0.5, 0.6) is 11.5 Å². The van der Waals surface area contributed by atoms with E-state index in [2.05, 4.69) is 5.18 Å². The lowest BCUT2D eigenvalue weighted by molar-refractivity contribution is -0.138. The molecule has 0 saturated heterocycles. The molecule has 0 radical (unpaired) electrons. The van der Waals surface area contributed by atoms with E-state index in [0.717, 1.165) is 5.56 Å². The predicted octanol–water partition coefficient (Wildman–Crippen LogP) is 1.86. The fourth-order valence-corrected chi connectivity index (χ4v) is 1.56. The normalized spacial score (nSPS) is 11.7. The van der Waals surface area contributed by atoms with E-state index in [1.807, 2.05) is 0 Å². The molecule has 0 saturated carbocycles. The molecule has 6 heteroatoms. The first-order valence-corrected chi connectivity index (χ1v) is 5.38. The van der Waals surface area contributed by atoms with Crippen molar-refractivity contribution in [2.45, 2.75) is 18.9 Å². The van der Waals surface area contributed by atoms with Gasteiger partial charge in [0.05, 0.1) is 14.2 Å². The molecule has 0 amide bonds. The fraction of sp³-hybridized carbons (Fsp3) is 0.417. The Labute approximate surface area is 104 Å². The molecule has 6 nitrogen and oxygen atoms in total. The van der Waals surface area contributed by atoms with Gasteiger partial charge in [-0.1, -0.05) is 11.2 Å². The molecule has 0 bridgehead atoms. The van der Waals surface area contributed by atoms with Crippen molar-refractivity contribution in [2.75, 3.05) is 14.2 Å². The number of hydrogen-bond acceptors (Lipinski definition) is 5. The minimum Gasteiger partial charge on any atom is -0.493 e. The highest BCUT2D eigenvalue weighted by Gasteiger charge is 2.17. The van der Waals surface area contributed by atoms with Gasteiger partial charge in [-0.05, 0) is 30.5 Å². The van der Waals surface area contributed by atoms with Crippen LogP contribution in [0.3, 0.4) is 0 Å². The summed E-state index contributed by atoms with van der Waals surface area (Å²) >= 11 is 0. The lowest BCUT2D eigenvalue weighted by atomic mass is 10.1. The van der Waals surface area contributed by atoms with Crippen LogP contribution in [0.15, 0.2) is 23.4 Å². The lowest BCUT2D eigenvalue weighted by Crippen LogP contribution is -2.17. The van der Waals surface area contributed by atoms with E-state index in [1.165, 1.54) is 14.2 Å². The van der Waals surface area contributed by atoms with E-state index in [9.17, 15) is 9.70 Å². The SMILES string of the molecule is COc1ccc(CCC(N=O)C(=O)O)cc1OC. The van der Waals surface area contributed by atoms with Crippen molar-refractivity contribution in [3.05, 3.63) is 28.7 Å². The number of carboxylic acid groups (broad SMARTS) is 1. The molecule has 1 rings (SSSR count). The molecule has 1 unspecified atom stereocenters. The number of carboxylic acids is 1. The molecule has 0 spiro atoms. The van der Waals surface area contributed by atoms with Crippen LogP contribution in [-0.2, 0) is 11.2 Å². The van der Waals surface area contributed by atoms with Gasteiger partial charge in [-0.2, -0.15) is 0 Å². The van der Waals surface area contributed by atoms with Crippen molar-refractivity contribution >= 4 is 5.97 Å². The second kappa shape index (κ2) is 6.58. The maximum absolute atomic E-state index is 10.6. The minimum absolute atomic E-state index is 0.161. The lowest BCUT2D eigenvalue weighted by Gasteiger charge is -2.10. The average molecular weight is 253 g/mol. The number of methoxy groups -OCH3 is 2. The van der Waals surface area contributed by atoms with E-state index in [4.69, 9.17) is 14.6 Å². The van der Waals surface area contributed by atoms with Crippen LogP contribution < -0.4 is 9.47 Å². The molecular weight excluding hydrogens is 238 g/mol. The second-order valence-electron chi connectivity index (χ2n) is 3.69. The number of ether oxygens (including phenoxy) is 2. The Morgan fingerprint density at radius 3 is 2.50 bits per heavy atom. The monoisotopic (exact) mass is 253 g/mol. The summed E-state index contributed by atoms with van der Waals surface area (Å²) in [5.74, 6) is -0.0315. The standard InChI is InChI=1S/C12H15NO5/c1-17-10-6-4-8(7-11(10)18-2)3-5-9(13-16)12(14)15/h4,6-7,9H,3,5H2,1-2H3,(H,14,15). The molecule has 1 atom stereocenters. The highest BCUT2D eigenvalue weighted by atomic mass is 16.5. The van der Waals surface area contributed by atoms with Crippen LogP contribution in [0.4, 0.5) is 0 Å². The summed E-state index contributed by atoms with van der Waals surface area (Å²) in [5.41, 5.74) is 0.863. The molecule has 0 aliphatic rings. The summed E-state index contributed by atoms with van der Waals surface area (Å²) in [4.78, 5) is 21.0. The highest BCUT2D eigenvalue weighted by molar-refractivity contribution is 5.73. The van der Waals surface area contributed by atoms with Crippen molar-refractivity contribution in [3.63, 3.8) is 0 Å². The Balaban J connectivity index is 2.73. The van der Waals surface area contributed by atoms with Gasteiger partial charge in [0.1, 0.15) is 0 Å². The van der Waals surface area contributed by atoms with E-state index < -0.39 is 12.0 Å². The quantitative estimate of drug-likeness (QED) is 0.749. The number of hydrogen-bond donors (Lipinski definition) is 1. The van der Waals surface area contributed by atoms with Crippen molar-refractivity contribution in [1.29, 1.82) is 0 Å². The van der Waals surface area contributed by atoms with Crippen molar-refractivity contribution < 1.29 is 19.4 Å². The van der Waals surface area contributed by atoms with Gasteiger partial charge in [0.2, 0.25) is 0 Å². The zero-order chi connectivity index (χ0) is 13.5. The molecule has 18 heavy (non-hydrogen) atoms. The van der Waals surface area contributed by atoms with Gasteiger partial charge in [0, 0.05) is 0 Å². The third-order valence-electron chi connectivity index (χ3n) is 2.57. The third-order valence-corrected chi connectivity index (χ3v) is 2.57. The number of aryl methyl sites for hydroxylation is 1. The van der Waals surface area contributed by atoms with E-state index >= 15 is 0 Å². The summed E-state index contributed by atoms with van der Waals surface area (Å²) in [7, 11) is 3.06. The first-order chi connectivity index (χ1) is 8.62. The number of benzene rings is 1. The molecule has 1 N–H and O–H groups in total. The Bertz CT molecular complexity index is 432. The Morgan fingerprint density at radius 2 is 2.00 bits per heavy atom. The molecule has 98 valence electrons. The van der Waals surface area contributed by atoms with Gasteiger partial charge in [0.25, 0.3) is 0 Å². The molecule has 0 heterocycles. The van der Waals surface area contributed by atoms with Gasteiger partial charge < -0.3 is 14.6 Å². The largest absolute Gasteiger partial charge is 0.493 e. The molecule has 0 aliphatic heterocycles. The first-order valence-electron chi connectivity index (χ1n) is 5.38. The van der Waals surface area contributed by atoms with E-state index in [-0.39, 0.29) is 6.42 Å². The van der Waals surface area contributed by atoms with Crippen LogP contribution in [0.25, 0.3) is 0 Å². The zero-order valence-electron chi connectivity index (χ0n) is 10.3. The van der Waals surface area contributed by atoms with Gasteiger partial charge in [0.15, 0.2) is 17.5 Å². The first kappa shape index (κ1) is 14.0. The van der Waals surface area contributed by atoms with Crippen LogP contribution in [-0.4, -0.2) is 31.3 Å². The maximum Gasteiger partial charge on any atom is 0.332 e. The summed E-state index contributed by atoms with van der Waals surface area (Å²) in [6, 6.07) is 4.07. The van der Waals surface area contributed by atoms with Crippen molar-refractivity contribution in [3.8, 4) is 11.5 Å². The topological polar surface area (TPSA) is 85.2 Å². The van der Waals surface area contributed by atoms with Crippen LogP contribution in [0.1, 0.15) is 12.0 Å². The fourth-order valence-electron chi connectivity index (χ4n) is 1.56. The Kier molecular flexibility index (Phi) is 5.10. The maximum atomic E-state index is 10.6. The second-order valence-corrected chi connectivity index (χ2v) is 3.69. The highest BCUT2D eigenvalue weighted by Crippen LogP contribution is 2.28. The molecule has 0 fully saturated rings. The Morgan fingerprint density at radius 1 is 1.33 bits per heavy atom. The van der Waals surface area contributed by atoms with Gasteiger partial charge in [-0.15, -0.1) is 4.91 Å².